The van der Waals surface area contributed by atoms with Crippen molar-refractivity contribution in [3.8, 4) is 0 Å². The molecule has 0 aromatic carbocycles. The fourth-order valence-electron chi connectivity index (χ4n) is 4.04. The van der Waals surface area contributed by atoms with Gasteiger partial charge in [0.1, 0.15) is 23.7 Å². The van der Waals surface area contributed by atoms with Crippen LogP contribution in [0.25, 0.3) is 0 Å². The third kappa shape index (κ3) is 4.81. The number of aromatic nitrogens is 2. The minimum Gasteiger partial charge on any atom is -0.388 e. The van der Waals surface area contributed by atoms with Crippen molar-refractivity contribution in [3.05, 3.63) is 12.0 Å². The molecular weight excluding hydrogens is 477 g/mol. The van der Waals surface area contributed by atoms with Crippen LogP contribution in [0.2, 0.25) is 0 Å². The Labute approximate surface area is 197 Å². The summed E-state index contributed by atoms with van der Waals surface area (Å²) in [5.74, 6) is 0.448. The first-order valence-electron chi connectivity index (χ1n) is 10.9. The van der Waals surface area contributed by atoms with Crippen LogP contribution in [0.15, 0.2) is 11.3 Å². The van der Waals surface area contributed by atoms with E-state index in [4.69, 9.17) is 26.6 Å². The fraction of sp³-hybridized carbons (Fsp3) is 0.789. The van der Waals surface area contributed by atoms with Gasteiger partial charge in [0.15, 0.2) is 23.0 Å². The molecule has 1 fully saturated rings. The monoisotopic (exact) mass is 509 g/mol. The number of alkyl halides is 1. The maximum Gasteiger partial charge on any atom is 0.359 e. The summed E-state index contributed by atoms with van der Waals surface area (Å²) in [5.41, 5.74) is 4.10. The molecule has 0 saturated carbocycles. The van der Waals surface area contributed by atoms with E-state index in [1.54, 1.807) is 27.7 Å². The first-order valence-corrected chi connectivity index (χ1v) is 12.9. The number of hydrogen-bond acceptors (Lipinski definition) is 10. The van der Waals surface area contributed by atoms with Gasteiger partial charge in [0, 0.05) is 6.42 Å². The lowest BCUT2D eigenvalue weighted by Gasteiger charge is -2.38. The molecule has 7 N–H and O–H groups in total. The summed E-state index contributed by atoms with van der Waals surface area (Å²) in [6, 6.07) is 0. The number of guanidine groups is 1. The number of aliphatic imine (C=N–C) groups is 1. The van der Waals surface area contributed by atoms with Crippen LogP contribution in [-0.2, 0) is 13.8 Å². The van der Waals surface area contributed by atoms with Crippen LogP contribution < -0.4 is 11.1 Å². The number of aliphatic hydroxyl groups excluding tert-OH is 2. The Balaban J connectivity index is 1.81. The molecule has 3 heterocycles. The number of hydrogen-bond donors (Lipinski definition) is 6. The number of imidazole rings is 1. The van der Waals surface area contributed by atoms with Crippen LogP contribution in [0.3, 0.4) is 0 Å². The SMILES string of the molecule is CCC(C)(CC1O[C@@H](n2cnc3c2NC(N)=NC3Cl)[C@H](O)[C@@H]1O)OP(=O)(O)C(O)(CC)CC. The standard InChI is InChI=1S/C19H33ClN5O7P/c1-5-18(4,32-33(29,30)19(28,6-2)7-3)8-10-12(26)13(27)16(31-10)25-9-22-11-14(20)23-17(21)24-15(11)25/h9-10,12-14,16,26-28H,5-8H2,1-4H3,(H,29,30)(H3,21,23,24)/t10?,12-,13-,14?,16-,18?/m1/s1. The van der Waals surface area contributed by atoms with Crippen LogP contribution in [0.5, 0.6) is 0 Å². The molecule has 4 unspecified atom stereocenters. The Hall–Kier alpha value is -1.24. The van der Waals surface area contributed by atoms with Gasteiger partial charge in [-0.05, 0) is 26.2 Å². The van der Waals surface area contributed by atoms with E-state index < -0.39 is 48.6 Å². The van der Waals surface area contributed by atoms with Gasteiger partial charge in [0.25, 0.3) is 0 Å². The number of anilines is 1. The van der Waals surface area contributed by atoms with Gasteiger partial charge in [-0.3, -0.25) is 9.13 Å². The minimum absolute atomic E-state index is 0.0155. The molecule has 0 bridgehead atoms. The highest BCUT2D eigenvalue weighted by atomic mass is 35.5. The fourth-order valence-corrected chi connectivity index (χ4v) is 6.08. The Morgan fingerprint density at radius 1 is 1.30 bits per heavy atom. The van der Waals surface area contributed by atoms with Crippen molar-refractivity contribution >= 4 is 31.0 Å². The molecule has 33 heavy (non-hydrogen) atoms. The molecule has 0 aliphatic carbocycles. The number of nitrogens with zero attached hydrogens (tertiary/aromatic N) is 3. The van der Waals surface area contributed by atoms with Crippen LogP contribution in [0, 0.1) is 0 Å². The van der Waals surface area contributed by atoms with E-state index in [1.165, 1.54) is 10.9 Å². The molecule has 2 aliphatic heterocycles. The summed E-state index contributed by atoms with van der Waals surface area (Å²) >= 11 is 6.16. The number of nitrogens with two attached hydrogens (primary N) is 1. The minimum atomic E-state index is -4.45. The largest absolute Gasteiger partial charge is 0.388 e. The molecule has 14 heteroatoms. The van der Waals surface area contributed by atoms with Crippen molar-refractivity contribution in [2.24, 2.45) is 10.7 Å². The van der Waals surface area contributed by atoms with Gasteiger partial charge in [0.05, 0.1) is 18.0 Å². The highest BCUT2D eigenvalue weighted by Crippen LogP contribution is 2.60. The van der Waals surface area contributed by atoms with Gasteiger partial charge in [0.2, 0.25) is 0 Å². The smallest absolute Gasteiger partial charge is 0.359 e. The second-order valence-electron chi connectivity index (χ2n) is 8.72. The molecule has 1 saturated heterocycles. The topological polar surface area (TPSA) is 185 Å². The van der Waals surface area contributed by atoms with Gasteiger partial charge >= 0.3 is 7.60 Å². The predicted octanol–water partition coefficient (Wildman–Crippen LogP) is 1.75. The van der Waals surface area contributed by atoms with Gasteiger partial charge in [-0.2, -0.15) is 0 Å². The molecule has 12 nitrogen and oxygen atoms in total. The third-order valence-electron chi connectivity index (χ3n) is 6.54. The molecule has 7 atom stereocenters. The Bertz CT molecular complexity index is 942. The van der Waals surface area contributed by atoms with E-state index in [0.717, 1.165) is 0 Å². The summed E-state index contributed by atoms with van der Waals surface area (Å²) < 4.78 is 26.0. The lowest BCUT2D eigenvalue weighted by Crippen LogP contribution is -2.40. The maximum atomic E-state index is 12.9. The Morgan fingerprint density at radius 2 is 1.94 bits per heavy atom. The summed E-state index contributed by atoms with van der Waals surface area (Å²) in [6.07, 6.45) is -2.90. The van der Waals surface area contributed by atoms with Crippen LogP contribution in [-0.4, -0.2) is 65.0 Å². The van der Waals surface area contributed by atoms with Crippen molar-refractivity contribution in [1.82, 2.24) is 9.55 Å². The van der Waals surface area contributed by atoms with E-state index in [2.05, 4.69) is 15.3 Å². The quantitative estimate of drug-likeness (QED) is 0.163. The Kier molecular flexibility index (Phi) is 7.53. The molecule has 0 amide bonds. The normalized spacial score (nSPS) is 31.3. The first kappa shape index (κ1) is 26.4. The zero-order valence-corrected chi connectivity index (χ0v) is 20.7. The third-order valence-corrected chi connectivity index (χ3v) is 9.22. The lowest BCUT2D eigenvalue weighted by atomic mass is 9.93. The molecule has 0 spiro atoms. The number of fused-ring (bicyclic) bond motifs is 1. The predicted molar refractivity (Wildman–Crippen MR) is 122 cm³/mol. The van der Waals surface area contributed by atoms with Gasteiger partial charge in [-0.15, -0.1) is 0 Å². The molecule has 3 rings (SSSR count). The van der Waals surface area contributed by atoms with E-state index in [1.807, 2.05) is 0 Å². The van der Waals surface area contributed by atoms with Gasteiger partial charge in [-0.1, -0.05) is 32.4 Å². The summed E-state index contributed by atoms with van der Waals surface area (Å²) in [4.78, 5) is 18.7. The lowest BCUT2D eigenvalue weighted by molar-refractivity contribution is -0.0701. The zero-order chi connectivity index (χ0) is 24.8. The van der Waals surface area contributed by atoms with Crippen molar-refractivity contribution in [2.45, 2.75) is 94.4 Å². The van der Waals surface area contributed by atoms with Gasteiger partial charge in [-0.25, -0.2) is 9.98 Å². The summed E-state index contributed by atoms with van der Waals surface area (Å²) in [5, 5.41) is 32.9. The van der Waals surface area contributed by atoms with Crippen LogP contribution in [0.1, 0.15) is 70.8 Å². The Morgan fingerprint density at radius 3 is 2.52 bits per heavy atom. The summed E-state index contributed by atoms with van der Waals surface area (Å²) in [6.45, 7) is 6.57. The molecule has 1 aromatic rings. The second kappa shape index (κ2) is 9.43. The number of rotatable bonds is 9. The molecule has 2 aliphatic rings. The number of halogens is 1. The molecule has 1 aromatic heterocycles. The average Bonchev–Trinajstić information content (AvgIpc) is 3.28. The van der Waals surface area contributed by atoms with E-state index in [0.29, 0.717) is 11.5 Å². The van der Waals surface area contributed by atoms with Crippen LogP contribution >= 0.6 is 19.2 Å². The van der Waals surface area contributed by atoms with Crippen molar-refractivity contribution in [1.29, 1.82) is 0 Å². The number of ether oxygens (including phenoxy) is 1. The summed E-state index contributed by atoms with van der Waals surface area (Å²) in [7, 11) is -4.45. The van der Waals surface area contributed by atoms with E-state index in [9.17, 15) is 24.8 Å². The van der Waals surface area contributed by atoms with Crippen LogP contribution in [0.4, 0.5) is 5.82 Å². The number of aliphatic hydroxyl groups is 3. The first-order chi connectivity index (χ1) is 15.3. The van der Waals surface area contributed by atoms with E-state index in [-0.39, 0.29) is 31.6 Å². The zero-order valence-electron chi connectivity index (χ0n) is 19.1. The van der Waals surface area contributed by atoms with Crippen molar-refractivity contribution < 1.29 is 34.0 Å². The second-order valence-corrected chi connectivity index (χ2v) is 11.2. The van der Waals surface area contributed by atoms with E-state index >= 15 is 0 Å². The van der Waals surface area contributed by atoms with Crippen molar-refractivity contribution in [3.63, 3.8) is 0 Å². The van der Waals surface area contributed by atoms with Gasteiger partial charge < -0.3 is 40.5 Å². The molecular formula is C19H33ClN5O7P. The average molecular weight is 510 g/mol. The highest BCUT2D eigenvalue weighted by Gasteiger charge is 2.52. The molecule has 188 valence electrons. The molecule has 0 radical (unpaired) electrons. The maximum absolute atomic E-state index is 12.9. The van der Waals surface area contributed by atoms with Crippen molar-refractivity contribution in [2.75, 3.05) is 5.32 Å². The number of nitrogens with one attached hydrogen (secondary N) is 1. The highest BCUT2D eigenvalue weighted by molar-refractivity contribution is 7.54.